The molecule has 1 fully saturated rings. The summed E-state index contributed by atoms with van der Waals surface area (Å²) in [6, 6.07) is 7.32. The summed E-state index contributed by atoms with van der Waals surface area (Å²) in [5.41, 5.74) is 0.0382. The summed E-state index contributed by atoms with van der Waals surface area (Å²) in [6.45, 7) is 2.03. The Bertz CT molecular complexity index is 324. The number of piperidine rings is 1. The highest BCUT2D eigenvalue weighted by Crippen LogP contribution is 2.30. The highest BCUT2D eigenvalue weighted by molar-refractivity contribution is 5.28. The van der Waals surface area contributed by atoms with Crippen molar-refractivity contribution in [2.45, 2.75) is 31.5 Å². The standard InChI is InChI=1S/C12H16FNO/c1-12(13)7-6-11(14-8-12)9-2-4-10(15)5-3-9/h2-5,11,14-15H,6-8H2,1H3. The van der Waals surface area contributed by atoms with Gasteiger partial charge in [-0.2, -0.15) is 0 Å². The second kappa shape index (κ2) is 3.81. The Morgan fingerprint density at radius 2 is 2.07 bits per heavy atom. The quantitative estimate of drug-likeness (QED) is 0.745. The van der Waals surface area contributed by atoms with E-state index in [-0.39, 0.29) is 11.8 Å². The molecule has 82 valence electrons. The van der Waals surface area contributed by atoms with Crippen LogP contribution in [0.2, 0.25) is 0 Å². The van der Waals surface area contributed by atoms with Crippen LogP contribution in [-0.4, -0.2) is 17.3 Å². The van der Waals surface area contributed by atoms with Crippen molar-refractivity contribution in [2.75, 3.05) is 6.54 Å². The zero-order valence-corrected chi connectivity index (χ0v) is 8.83. The molecule has 1 aliphatic heterocycles. The van der Waals surface area contributed by atoms with Gasteiger partial charge in [0.1, 0.15) is 11.4 Å². The largest absolute Gasteiger partial charge is 0.508 e. The van der Waals surface area contributed by atoms with Gasteiger partial charge in [0, 0.05) is 12.6 Å². The minimum absolute atomic E-state index is 0.217. The molecule has 2 rings (SSSR count). The van der Waals surface area contributed by atoms with Crippen molar-refractivity contribution < 1.29 is 9.50 Å². The average molecular weight is 209 g/mol. The van der Waals surface area contributed by atoms with Gasteiger partial charge in [0.2, 0.25) is 0 Å². The second-order valence-electron chi connectivity index (χ2n) is 4.48. The molecule has 0 saturated carbocycles. The predicted octanol–water partition coefficient (Wildman–Crippen LogP) is 2.54. The molecule has 0 spiro atoms. The molecular weight excluding hydrogens is 193 g/mol. The molecule has 1 aromatic carbocycles. The molecule has 15 heavy (non-hydrogen) atoms. The number of halogens is 1. The molecule has 2 atom stereocenters. The van der Waals surface area contributed by atoms with E-state index in [1.54, 1.807) is 19.1 Å². The minimum atomic E-state index is -1.08. The second-order valence-corrected chi connectivity index (χ2v) is 4.48. The third-order valence-electron chi connectivity index (χ3n) is 2.97. The molecule has 0 aromatic heterocycles. The molecule has 2 unspecified atom stereocenters. The van der Waals surface area contributed by atoms with Gasteiger partial charge in [0.15, 0.2) is 0 Å². The van der Waals surface area contributed by atoms with E-state index >= 15 is 0 Å². The van der Waals surface area contributed by atoms with Crippen LogP contribution >= 0.6 is 0 Å². The Morgan fingerprint density at radius 1 is 1.40 bits per heavy atom. The van der Waals surface area contributed by atoms with E-state index < -0.39 is 5.67 Å². The first kappa shape index (κ1) is 10.4. The Morgan fingerprint density at radius 3 is 2.60 bits per heavy atom. The molecule has 1 saturated heterocycles. The molecule has 3 heteroatoms. The van der Waals surface area contributed by atoms with Crippen LogP contribution < -0.4 is 5.32 Å². The van der Waals surface area contributed by atoms with Crippen molar-refractivity contribution in [1.29, 1.82) is 0 Å². The minimum Gasteiger partial charge on any atom is -0.508 e. The van der Waals surface area contributed by atoms with Crippen LogP contribution in [0, 0.1) is 0 Å². The van der Waals surface area contributed by atoms with Gasteiger partial charge in [0.25, 0.3) is 0 Å². The summed E-state index contributed by atoms with van der Waals surface area (Å²) in [5.74, 6) is 0.268. The average Bonchev–Trinajstić information content (AvgIpc) is 2.20. The maximum atomic E-state index is 13.5. The summed E-state index contributed by atoms with van der Waals surface area (Å²) in [4.78, 5) is 0. The lowest BCUT2D eigenvalue weighted by Crippen LogP contribution is -2.41. The normalized spacial score (nSPS) is 31.5. The van der Waals surface area contributed by atoms with Gasteiger partial charge in [-0.1, -0.05) is 12.1 Å². The number of phenols is 1. The lowest BCUT2D eigenvalue weighted by atomic mass is 9.90. The first-order chi connectivity index (χ1) is 7.07. The Kier molecular flexibility index (Phi) is 2.65. The van der Waals surface area contributed by atoms with E-state index in [1.165, 1.54) is 0 Å². The topological polar surface area (TPSA) is 32.3 Å². The molecule has 1 aromatic rings. The molecule has 0 aliphatic carbocycles. The Hall–Kier alpha value is -1.09. The van der Waals surface area contributed by atoms with Gasteiger partial charge < -0.3 is 10.4 Å². The van der Waals surface area contributed by atoms with Gasteiger partial charge >= 0.3 is 0 Å². The highest BCUT2D eigenvalue weighted by atomic mass is 19.1. The number of benzene rings is 1. The van der Waals surface area contributed by atoms with E-state index in [0.29, 0.717) is 13.0 Å². The third kappa shape index (κ3) is 2.48. The van der Waals surface area contributed by atoms with Gasteiger partial charge in [-0.05, 0) is 37.5 Å². The van der Waals surface area contributed by atoms with Crippen molar-refractivity contribution in [2.24, 2.45) is 0 Å². The number of hydrogen-bond acceptors (Lipinski definition) is 2. The van der Waals surface area contributed by atoms with E-state index in [9.17, 15) is 4.39 Å². The van der Waals surface area contributed by atoms with E-state index in [0.717, 1.165) is 12.0 Å². The van der Waals surface area contributed by atoms with Crippen molar-refractivity contribution in [3.8, 4) is 5.75 Å². The van der Waals surface area contributed by atoms with Crippen molar-refractivity contribution in [3.05, 3.63) is 29.8 Å². The van der Waals surface area contributed by atoms with Crippen molar-refractivity contribution in [3.63, 3.8) is 0 Å². The summed E-state index contributed by atoms with van der Waals surface area (Å²) in [5, 5.41) is 12.3. The van der Waals surface area contributed by atoms with Gasteiger partial charge in [-0.15, -0.1) is 0 Å². The van der Waals surface area contributed by atoms with Crippen LogP contribution in [-0.2, 0) is 0 Å². The first-order valence-electron chi connectivity index (χ1n) is 5.28. The van der Waals surface area contributed by atoms with Crippen LogP contribution in [0.3, 0.4) is 0 Å². The number of alkyl halides is 1. The molecule has 1 heterocycles. The molecule has 0 amide bonds. The predicted molar refractivity (Wildman–Crippen MR) is 57.6 cm³/mol. The maximum absolute atomic E-state index is 13.5. The highest BCUT2D eigenvalue weighted by Gasteiger charge is 2.30. The van der Waals surface area contributed by atoms with Gasteiger partial charge in [-0.25, -0.2) is 4.39 Å². The fourth-order valence-electron chi connectivity index (χ4n) is 1.96. The number of aromatic hydroxyl groups is 1. The van der Waals surface area contributed by atoms with Crippen LogP contribution in [0.15, 0.2) is 24.3 Å². The number of nitrogens with one attached hydrogen (secondary N) is 1. The van der Waals surface area contributed by atoms with Crippen LogP contribution in [0.5, 0.6) is 5.75 Å². The molecule has 1 aliphatic rings. The molecule has 0 bridgehead atoms. The fraction of sp³-hybridized carbons (Fsp3) is 0.500. The molecule has 0 radical (unpaired) electrons. The lowest BCUT2D eigenvalue weighted by Gasteiger charge is -2.32. The van der Waals surface area contributed by atoms with Gasteiger partial charge in [-0.3, -0.25) is 0 Å². The summed E-state index contributed by atoms with van der Waals surface area (Å²) >= 11 is 0. The number of hydrogen-bond donors (Lipinski definition) is 2. The van der Waals surface area contributed by atoms with Crippen LogP contribution in [0.25, 0.3) is 0 Å². The zero-order valence-electron chi connectivity index (χ0n) is 8.83. The van der Waals surface area contributed by atoms with Crippen molar-refractivity contribution >= 4 is 0 Å². The first-order valence-corrected chi connectivity index (χ1v) is 5.28. The van der Waals surface area contributed by atoms with Crippen molar-refractivity contribution in [1.82, 2.24) is 5.32 Å². The van der Waals surface area contributed by atoms with E-state index in [1.807, 2.05) is 12.1 Å². The van der Waals surface area contributed by atoms with Gasteiger partial charge in [0.05, 0.1) is 0 Å². The Labute approximate surface area is 89.1 Å². The maximum Gasteiger partial charge on any atom is 0.120 e. The Balaban J connectivity index is 2.04. The summed E-state index contributed by atoms with van der Waals surface area (Å²) < 4.78 is 13.5. The third-order valence-corrected chi connectivity index (χ3v) is 2.97. The SMILES string of the molecule is CC1(F)CCC(c2ccc(O)cc2)NC1. The smallest absolute Gasteiger partial charge is 0.120 e. The molecule has 2 N–H and O–H groups in total. The number of rotatable bonds is 1. The summed E-state index contributed by atoms with van der Waals surface area (Å²) in [6.07, 6.45) is 1.39. The monoisotopic (exact) mass is 209 g/mol. The lowest BCUT2D eigenvalue weighted by molar-refractivity contribution is 0.125. The molecule has 2 nitrogen and oxygen atoms in total. The van der Waals surface area contributed by atoms with Crippen LogP contribution in [0.1, 0.15) is 31.4 Å². The summed E-state index contributed by atoms with van der Waals surface area (Å²) in [7, 11) is 0. The van der Waals surface area contributed by atoms with E-state index in [2.05, 4.69) is 5.32 Å². The van der Waals surface area contributed by atoms with Crippen LogP contribution in [0.4, 0.5) is 4.39 Å². The zero-order chi connectivity index (χ0) is 10.9. The fourth-order valence-corrected chi connectivity index (χ4v) is 1.96. The molecular formula is C12H16FNO. The van der Waals surface area contributed by atoms with E-state index in [4.69, 9.17) is 5.11 Å². The number of phenolic OH excluding ortho intramolecular Hbond substituents is 1.